The predicted octanol–water partition coefficient (Wildman–Crippen LogP) is 1.80. The molecule has 0 rings (SSSR count). The fourth-order valence-electron chi connectivity index (χ4n) is 1.27. The van der Waals surface area contributed by atoms with Gasteiger partial charge in [-0.2, -0.15) is 13.2 Å². The van der Waals surface area contributed by atoms with Crippen LogP contribution in [0.4, 0.5) is 13.2 Å². The van der Waals surface area contributed by atoms with Gasteiger partial charge in [0.05, 0.1) is 6.54 Å². The van der Waals surface area contributed by atoms with E-state index in [0.717, 1.165) is 0 Å². The smallest absolute Gasteiger partial charge is 0.370 e. The number of hydrogen-bond donors (Lipinski definition) is 2. The molecule has 0 radical (unpaired) electrons. The van der Waals surface area contributed by atoms with Gasteiger partial charge in [0, 0.05) is 12.6 Å². The van der Waals surface area contributed by atoms with Crippen LogP contribution in [0.2, 0.25) is 0 Å². The van der Waals surface area contributed by atoms with E-state index in [2.05, 4.69) is 10.3 Å². The minimum Gasteiger partial charge on any atom is -0.370 e. The second kappa shape index (κ2) is 9.65. The van der Waals surface area contributed by atoms with Crippen LogP contribution in [-0.4, -0.2) is 49.8 Å². The summed E-state index contributed by atoms with van der Waals surface area (Å²) in [6, 6.07) is 0.201. The van der Waals surface area contributed by atoms with Crippen molar-refractivity contribution in [1.29, 1.82) is 0 Å². The third-order valence-corrected chi connectivity index (χ3v) is 1.87. The standard InChI is InChI=1S/C10H21F3N4.HI/c1-8(2)16-9(14)15-5-4-6-17(3)7-10(11,12)13;/h8H,4-7H2,1-3H3,(H3,14,15,16);1H. The fraction of sp³-hybridized carbons (Fsp3) is 0.900. The maximum absolute atomic E-state index is 12.0. The van der Waals surface area contributed by atoms with E-state index < -0.39 is 12.7 Å². The van der Waals surface area contributed by atoms with Gasteiger partial charge in [0.1, 0.15) is 0 Å². The first kappa shape index (κ1) is 20.1. The molecular weight excluding hydrogens is 360 g/mol. The van der Waals surface area contributed by atoms with Crippen LogP contribution in [0.25, 0.3) is 0 Å². The SMILES string of the molecule is CC(C)NC(N)=NCCCN(C)CC(F)(F)F.I. The maximum atomic E-state index is 12.0. The largest absolute Gasteiger partial charge is 0.401 e. The van der Waals surface area contributed by atoms with Crippen molar-refractivity contribution in [2.45, 2.75) is 32.5 Å². The van der Waals surface area contributed by atoms with E-state index in [4.69, 9.17) is 5.73 Å². The molecule has 0 bridgehead atoms. The van der Waals surface area contributed by atoms with Crippen LogP contribution in [0, 0.1) is 0 Å². The quantitative estimate of drug-likeness (QED) is 0.319. The molecule has 4 nitrogen and oxygen atoms in total. The summed E-state index contributed by atoms with van der Waals surface area (Å²) in [4.78, 5) is 5.23. The molecule has 0 aromatic carbocycles. The van der Waals surface area contributed by atoms with Crippen molar-refractivity contribution in [2.24, 2.45) is 10.7 Å². The van der Waals surface area contributed by atoms with Crippen molar-refractivity contribution in [1.82, 2.24) is 10.2 Å². The molecule has 3 N–H and O–H groups in total. The van der Waals surface area contributed by atoms with Gasteiger partial charge in [-0.15, -0.1) is 24.0 Å². The molecule has 0 saturated carbocycles. The normalized spacial score (nSPS) is 12.8. The molecule has 0 aromatic heterocycles. The Morgan fingerprint density at radius 2 is 1.94 bits per heavy atom. The van der Waals surface area contributed by atoms with Gasteiger partial charge in [0.15, 0.2) is 5.96 Å². The van der Waals surface area contributed by atoms with Crippen molar-refractivity contribution in [3.8, 4) is 0 Å². The van der Waals surface area contributed by atoms with Crippen molar-refractivity contribution >= 4 is 29.9 Å². The second-order valence-electron chi connectivity index (χ2n) is 4.27. The fourth-order valence-corrected chi connectivity index (χ4v) is 1.27. The van der Waals surface area contributed by atoms with Crippen LogP contribution < -0.4 is 11.1 Å². The maximum Gasteiger partial charge on any atom is 0.401 e. The topological polar surface area (TPSA) is 53.6 Å². The Bertz CT molecular complexity index is 244. The summed E-state index contributed by atoms with van der Waals surface area (Å²) in [6.07, 6.45) is -3.59. The molecule has 0 spiro atoms. The Morgan fingerprint density at radius 1 is 1.39 bits per heavy atom. The molecule has 8 heteroatoms. The molecule has 0 unspecified atom stereocenters. The summed E-state index contributed by atoms with van der Waals surface area (Å²) in [5, 5.41) is 2.90. The minimum absolute atomic E-state index is 0. The molecule has 0 amide bonds. The van der Waals surface area contributed by atoms with Crippen molar-refractivity contribution in [3.63, 3.8) is 0 Å². The number of guanidine groups is 1. The van der Waals surface area contributed by atoms with Crippen LogP contribution in [0.3, 0.4) is 0 Å². The number of hydrogen-bond acceptors (Lipinski definition) is 2. The third-order valence-electron chi connectivity index (χ3n) is 1.87. The Hall–Kier alpha value is -0.250. The van der Waals surface area contributed by atoms with Gasteiger partial charge >= 0.3 is 6.18 Å². The lowest BCUT2D eigenvalue weighted by Crippen LogP contribution is -2.37. The molecule has 0 saturated heterocycles. The summed E-state index contributed by atoms with van der Waals surface area (Å²) in [5.41, 5.74) is 5.54. The zero-order valence-electron chi connectivity index (χ0n) is 10.9. The van der Waals surface area contributed by atoms with Crippen LogP contribution in [0.1, 0.15) is 20.3 Å². The number of rotatable bonds is 6. The van der Waals surface area contributed by atoms with Gasteiger partial charge < -0.3 is 11.1 Å². The molecule has 0 heterocycles. The first-order valence-electron chi connectivity index (χ1n) is 5.52. The molecule has 0 aliphatic carbocycles. The summed E-state index contributed by atoms with van der Waals surface area (Å²) < 4.78 is 36.0. The first-order chi connectivity index (χ1) is 7.70. The molecule has 0 atom stereocenters. The van der Waals surface area contributed by atoms with E-state index in [1.165, 1.54) is 11.9 Å². The lowest BCUT2D eigenvalue weighted by atomic mass is 10.4. The average Bonchev–Trinajstić information content (AvgIpc) is 2.08. The van der Waals surface area contributed by atoms with E-state index in [-0.39, 0.29) is 30.0 Å². The van der Waals surface area contributed by atoms with Crippen LogP contribution in [-0.2, 0) is 0 Å². The predicted molar refractivity (Wildman–Crippen MR) is 78.3 cm³/mol. The van der Waals surface area contributed by atoms with Crippen molar-refractivity contribution in [3.05, 3.63) is 0 Å². The van der Waals surface area contributed by atoms with Crippen molar-refractivity contribution < 1.29 is 13.2 Å². The third kappa shape index (κ3) is 13.8. The number of nitrogens with two attached hydrogens (primary N) is 1. The van der Waals surface area contributed by atoms with Gasteiger partial charge in [-0.1, -0.05) is 0 Å². The Balaban J connectivity index is 0. The summed E-state index contributed by atoms with van der Waals surface area (Å²) in [7, 11) is 1.44. The van der Waals surface area contributed by atoms with Gasteiger partial charge in [-0.05, 0) is 33.9 Å². The average molecular weight is 382 g/mol. The summed E-state index contributed by atoms with van der Waals surface area (Å²) in [5.74, 6) is 0.332. The Kier molecular flexibility index (Phi) is 10.8. The van der Waals surface area contributed by atoms with E-state index in [9.17, 15) is 13.2 Å². The molecule has 0 aromatic rings. The molecule has 0 aliphatic heterocycles. The van der Waals surface area contributed by atoms with E-state index in [1.54, 1.807) is 0 Å². The summed E-state index contributed by atoms with van der Waals surface area (Å²) in [6.45, 7) is 3.74. The number of alkyl halides is 3. The van der Waals surface area contributed by atoms with Crippen LogP contribution in [0.5, 0.6) is 0 Å². The first-order valence-corrected chi connectivity index (χ1v) is 5.52. The van der Waals surface area contributed by atoms with Gasteiger partial charge in [-0.25, -0.2) is 0 Å². The number of nitrogens with one attached hydrogen (secondary N) is 1. The van der Waals surface area contributed by atoms with Gasteiger partial charge in [-0.3, -0.25) is 9.89 Å². The lowest BCUT2D eigenvalue weighted by molar-refractivity contribution is -0.143. The van der Waals surface area contributed by atoms with Crippen LogP contribution >= 0.6 is 24.0 Å². The second-order valence-corrected chi connectivity index (χ2v) is 4.27. The highest BCUT2D eigenvalue weighted by Gasteiger charge is 2.28. The van der Waals surface area contributed by atoms with E-state index in [0.29, 0.717) is 25.5 Å². The Morgan fingerprint density at radius 3 is 2.39 bits per heavy atom. The number of nitrogens with zero attached hydrogens (tertiary/aromatic N) is 2. The van der Waals surface area contributed by atoms with E-state index >= 15 is 0 Å². The Labute approximate surface area is 123 Å². The number of halogens is 4. The zero-order valence-corrected chi connectivity index (χ0v) is 13.3. The highest BCUT2D eigenvalue weighted by molar-refractivity contribution is 14.0. The molecular formula is C10H22F3IN4. The van der Waals surface area contributed by atoms with E-state index in [1.807, 2.05) is 13.8 Å². The monoisotopic (exact) mass is 382 g/mol. The molecule has 18 heavy (non-hydrogen) atoms. The minimum atomic E-state index is -4.14. The zero-order chi connectivity index (χ0) is 13.5. The molecule has 110 valence electrons. The summed E-state index contributed by atoms with van der Waals surface area (Å²) >= 11 is 0. The van der Waals surface area contributed by atoms with Gasteiger partial charge in [0.25, 0.3) is 0 Å². The van der Waals surface area contributed by atoms with Crippen LogP contribution in [0.15, 0.2) is 4.99 Å². The highest BCUT2D eigenvalue weighted by Crippen LogP contribution is 2.15. The molecule has 0 fully saturated rings. The van der Waals surface area contributed by atoms with Gasteiger partial charge in [0.2, 0.25) is 0 Å². The number of aliphatic imine (C=N–C) groups is 1. The lowest BCUT2D eigenvalue weighted by Gasteiger charge is -2.17. The molecule has 0 aliphatic rings. The highest BCUT2D eigenvalue weighted by atomic mass is 127. The van der Waals surface area contributed by atoms with Crippen molar-refractivity contribution in [2.75, 3.05) is 26.7 Å².